The predicted molar refractivity (Wildman–Crippen MR) is 97.7 cm³/mol. The molecule has 4 unspecified atom stereocenters. The van der Waals surface area contributed by atoms with Gasteiger partial charge in [-0.1, -0.05) is 40.5 Å². The van der Waals surface area contributed by atoms with Crippen molar-refractivity contribution in [2.24, 2.45) is 34.3 Å². The van der Waals surface area contributed by atoms with Crippen molar-refractivity contribution in [2.45, 2.75) is 65.8 Å². The molecular weight excluding hydrogens is 296 g/mol. The van der Waals surface area contributed by atoms with Gasteiger partial charge in [0.2, 0.25) is 0 Å². The molecule has 2 aliphatic carbocycles. The molecule has 0 radical (unpaired) electrons. The van der Waals surface area contributed by atoms with Gasteiger partial charge < -0.3 is 5.73 Å². The van der Waals surface area contributed by atoms with Crippen molar-refractivity contribution in [2.75, 3.05) is 0 Å². The van der Waals surface area contributed by atoms with Crippen molar-refractivity contribution < 1.29 is 4.79 Å². The van der Waals surface area contributed by atoms with Crippen LogP contribution in [0.5, 0.6) is 0 Å². The quantitative estimate of drug-likeness (QED) is 0.833. The minimum atomic E-state index is -0.407. The number of rotatable bonds is 3. The van der Waals surface area contributed by atoms with E-state index >= 15 is 0 Å². The first-order valence-corrected chi connectivity index (χ1v) is 9.45. The minimum absolute atomic E-state index is 0.0629. The van der Waals surface area contributed by atoms with Crippen LogP contribution in [0.1, 0.15) is 70.2 Å². The van der Waals surface area contributed by atoms with E-state index in [0.717, 1.165) is 6.42 Å². The summed E-state index contributed by atoms with van der Waals surface area (Å²) in [4.78, 5) is 17.0. The largest absolute Gasteiger partial charge is 0.321 e. The number of carbonyl (C=O) groups excluding carboxylic acids is 1. The number of hydrogen-bond donors (Lipinski definition) is 1. The molecule has 1 aromatic heterocycles. The molecule has 0 amide bonds. The summed E-state index contributed by atoms with van der Waals surface area (Å²) in [7, 11) is 0. The van der Waals surface area contributed by atoms with Crippen molar-refractivity contribution in [1.29, 1.82) is 0 Å². The maximum absolute atomic E-state index is 12.9. The zero-order chi connectivity index (χ0) is 17.5. The van der Waals surface area contributed by atoms with Gasteiger partial charge in [-0.05, 0) is 60.0 Å². The molecule has 0 saturated heterocycles. The van der Waals surface area contributed by atoms with E-state index in [4.69, 9.17) is 5.73 Å². The third-order valence-electron chi connectivity index (χ3n) is 7.50. The third kappa shape index (κ3) is 2.81. The normalized spacial score (nSPS) is 32.6. The Morgan fingerprint density at radius 3 is 2.62 bits per heavy atom. The van der Waals surface area contributed by atoms with E-state index in [1.165, 1.54) is 25.7 Å². The second-order valence-corrected chi connectivity index (χ2v) is 9.16. The SMILES string of the molecule is CC1(C)CC(C(N)C(=O)c2cccnc2)C2CCCCC2C1(C)C. The molecule has 3 rings (SSSR count). The fourth-order valence-electron chi connectivity index (χ4n) is 5.36. The smallest absolute Gasteiger partial charge is 0.181 e. The number of fused-ring (bicyclic) bond motifs is 1. The van der Waals surface area contributed by atoms with Crippen LogP contribution in [0.3, 0.4) is 0 Å². The van der Waals surface area contributed by atoms with Crippen molar-refractivity contribution in [1.82, 2.24) is 4.98 Å². The van der Waals surface area contributed by atoms with Gasteiger partial charge in [0.25, 0.3) is 0 Å². The van der Waals surface area contributed by atoms with Crippen LogP contribution < -0.4 is 5.73 Å². The Bertz CT molecular complexity index is 593. The molecule has 1 heterocycles. The number of hydrogen-bond acceptors (Lipinski definition) is 3. The monoisotopic (exact) mass is 328 g/mol. The molecule has 3 heteroatoms. The van der Waals surface area contributed by atoms with E-state index in [9.17, 15) is 4.79 Å². The Balaban J connectivity index is 1.90. The average molecular weight is 329 g/mol. The van der Waals surface area contributed by atoms with E-state index in [2.05, 4.69) is 32.7 Å². The van der Waals surface area contributed by atoms with Gasteiger partial charge in [0, 0.05) is 18.0 Å². The highest BCUT2D eigenvalue weighted by atomic mass is 16.1. The van der Waals surface area contributed by atoms with Crippen LogP contribution >= 0.6 is 0 Å². The van der Waals surface area contributed by atoms with Gasteiger partial charge in [-0.3, -0.25) is 9.78 Å². The lowest BCUT2D eigenvalue weighted by Gasteiger charge is -2.60. The highest BCUT2D eigenvalue weighted by Gasteiger charge is 2.55. The van der Waals surface area contributed by atoms with Crippen LogP contribution in [0.2, 0.25) is 0 Å². The first kappa shape index (κ1) is 17.6. The lowest BCUT2D eigenvalue weighted by atomic mass is 9.45. The maximum atomic E-state index is 12.9. The molecule has 0 aliphatic heterocycles. The number of carbonyl (C=O) groups is 1. The minimum Gasteiger partial charge on any atom is -0.321 e. The predicted octanol–water partition coefficient (Wildman–Crippen LogP) is 4.47. The number of Topliss-reactive ketones (excluding diaryl/α,β-unsaturated/α-hetero) is 1. The van der Waals surface area contributed by atoms with Crippen LogP contribution in [0, 0.1) is 28.6 Å². The number of ketones is 1. The molecule has 24 heavy (non-hydrogen) atoms. The van der Waals surface area contributed by atoms with E-state index in [1.807, 2.05) is 12.1 Å². The first-order chi connectivity index (χ1) is 11.3. The second-order valence-electron chi connectivity index (χ2n) is 9.16. The lowest BCUT2D eigenvalue weighted by molar-refractivity contribution is -0.0993. The number of pyridine rings is 1. The zero-order valence-electron chi connectivity index (χ0n) is 15.6. The van der Waals surface area contributed by atoms with E-state index in [0.29, 0.717) is 22.8 Å². The molecule has 1 aromatic rings. The number of nitrogens with two attached hydrogens (primary N) is 1. The number of aromatic nitrogens is 1. The Morgan fingerprint density at radius 1 is 1.25 bits per heavy atom. The zero-order valence-corrected chi connectivity index (χ0v) is 15.6. The summed E-state index contributed by atoms with van der Waals surface area (Å²) in [5.41, 5.74) is 7.71. The Hall–Kier alpha value is -1.22. The van der Waals surface area contributed by atoms with Crippen molar-refractivity contribution in [3.05, 3.63) is 30.1 Å². The van der Waals surface area contributed by atoms with Crippen molar-refractivity contribution >= 4 is 5.78 Å². The fourth-order valence-corrected chi connectivity index (χ4v) is 5.36. The Morgan fingerprint density at radius 2 is 1.96 bits per heavy atom. The van der Waals surface area contributed by atoms with Crippen LogP contribution in [0.15, 0.2) is 24.5 Å². The van der Waals surface area contributed by atoms with Crippen molar-refractivity contribution in [3.8, 4) is 0 Å². The van der Waals surface area contributed by atoms with Gasteiger partial charge in [0.1, 0.15) is 0 Å². The van der Waals surface area contributed by atoms with Gasteiger partial charge in [0.15, 0.2) is 5.78 Å². The molecule has 2 N–H and O–H groups in total. The average Bonchev–Trinajstić information content (AvgIpc) is 2.58. The molecule has 0 bridgehead atoms. The molecule has 3 nitrogen and oxygen atoms in total. The van der Waals surface area contributed by atoms with E-state index in [-0.39, 0.29) is 17.1 Å². The Labute approximate surface area is 146 Å². The summed E-state index contributed by atoms with van der Waals surface area (Å²) in [5.74, 6) is 1.60. The maximum Gasteiger partial charge on any atom is 0.181 e. The molecule has 4 atom stereocenters. The topological polar surface area (TPSA) is 56.0 Å². The highest BCUT2D eigenvalue weighted by Crippen LogP contribution is 2.61. The highest BCUT2D eigenvalue weighted by molar-refractivity contribution is 5.99. The summed E-state index contributed by atoms with van der Waals surface area (Å²) in [6, 6.07) is 3.25. The summed E-state index contributed by atoms with van der Waals surface area (Å²) < 4.78 is 0. The summed E-state index contributed by atoms with van der Waals surface area (Å²) >= 11 is 0. The van der Waals surface area contributed by atoms with Crippen LogP contribution in [-0.2, 0) is 0 Å². The molecule has 2 fully saturated rings. The standard InChI is InChI=1S/C21H32N2O/c1-20(2)12-16(15-9-5-6-10-17(15)21(20,3)4)18(22)19(24)14-8-7-11-23-13-14/h7-8,11,13,15-18H,5-6,9-10,12,22H2,1-4H3. The van der Waals surface area contributed by atoms with Gasteiger partial charge in [0.05, 0.1) is 6.04 Å². The third-order valence-corrected chi connectivity index (χ3v) is 7.50. The summed E-state index contributed by atoms with van der Waals surface area (Å²) in [6.45, 7) is 9.60. The van der Waals surface area contributed by atoms with Gasteiger partial charge in [-0.15, -0.1) is 0 Å². The molecule has 132 valence electrons. The molecule has 0 spiro atoms. The van der Waals surface area contributed by atoms with Crippen LogP contribution in [-0.4, -0.2) is 16.8 Å². The van der Waals surface area contributed by atoms with Crippen LogP contribution in [0.4, 0.5) is 0 Å². The van der Waals surface area contributed by atoms with E-state index < -0.39 is 6.04 Å². The van der Waals surface area contributed by atoms with E-state index in [1.54, 1.807) is 12.4 Å². The summed E-state index contributed by atoms with van der Waals surface area (Å²) in [5, 5.41) is 0. The van der Waals surface area contributed by atoms with Crippen molar-refractivity contribution in [3.63, 3.8) is 0 Å². The molecule has 0 aromatic carbocycles. The first-order valence-electron chi connectivity index (χ1n) is 9.45. The second kappa shape index (κ2) is 6.25. The Kier molecular flexibility index (Phi) is 4.59. The molecular formula is C21H32N2O. The molecule has 2 aliphatic rings. The summed E-state index contributed by atoms with van der Waals surface area (Å²) in [6.07, 6.45) is 9.49. The van der Waals surface area contributed by atoms with Gasteiger partial charge >= 0.3 is 0 Å². The van der Waals surface area contributed by atoms with Gasteiger partial charge in [-0.25, -0.2) is 0 Å². The number of nitrogens with zero attached hydrogens (tertiary/aromatic N) is 1. The lowest BCUT2D eigenvalue weighted by Crippen LogP contribution is -2.56. The fraction of sp³-hybridized carbons (Fsp3) is 0.714. The van der Waals surface area contributed by atoms with Gasteiger partial charge in [-0.2, -0.15) is 0 Å². The van der Waals surface area contributed by atoms with Crippen LogP contribution in [0.25, 0.3) is 0 Å². The molecule has 2 saturated carbocycles.